The van der Waals surface area contributed by atoms with E-state index in [1.807, 2.05) is 11.8 Å². The van der Waals surface area contributed by atoms with Crippen molar-refractivity contribution in [1.29, 1.82) is 0 Å². The second kappa shape index (κ2) is 6.32. The van der Waals surface area contributed by atoms with Gasteiger partial charge in [0.25, 0.3) is 0 Å². The highest BCUT2D eigenvalue weighted by molar-refractivity contribution is 9.10. The Bertz CT molecular complexity index is 380. The molecular formula is C10H13BrN4OS. The van der Waals surface area contributed by atoms with E-state index in [9.17, 15) is 4.79 Å². The van der Waals surface area contributed by atoms with Gasteiger partial charge in [0.2, 0.25) is 5.91 Å². The lowest BCUT2D eigenvalue weighted by Crippen LogP contribution is -2.39. The fourth-order valence-corrected chi connectivity index (χ4v) is 2.70. The SMILES string of the molecule is O=C(CC1CSCCN1)Nc1cnc(Br)cn1. The molecule has 1 amide bonds. The number of amides is 1. The van der Waals surface area contributed by atoms with E-state index in [1.54, 1.807) is 6.20 Å². The van der Waals surface area contributed by atoms with Gasteiger partial charge in [-0.2, -0.15) is 11.8 Å². The van der Waals surface area contributed by atoms with E-state index in [2.05, 4.69) is 36.5 Å². The average molecular weight is 317 g/mol. The Morgan fingerprint density at radius 3 is 3.12 bits per heavy atom. The van der Waals surface area contributed by atoms with Crippen LogP contribution in [0.1, 0.15) is 6.42 Å². The third-order valence-corrected chi connectivity index (χ3v) is 3.86. The first kappa shape index (κ1) is 12.8. The minimum absolute atomic E-state index is 0.0263. The van der Waals surface area contributed by atoms with Crippen LogP contribution in [-0.2, 0) is 4.79 Å². The maximum atomic E-state index is 11.7. The van der Waals surface area contributed by atoms with E-state index in [1.165, 1.54) is 6.20 Å². The van der Waals surface area contributed by atoms with Gasteiger partial charge in [-0.15, -0.1) is 0 Å². The summed E-state index contributed by atoms with van der Waals surface area (Å²) in [6.45, 7) is 0.973. The van der Waals surface area contributed by atoms with Crippen molar-refractivity contribution in [2.24, 2.45) is 0 Å². The molecule has 0 aliphatic carbocycles. The lowest BCUT2D eigenvalue weighted by molar-refractivity contribution is -0.116. The number of anilines is 1. The van der Waals surface area contributed by atoms with Crippen LogP contribution in [0.2, 0.25) is 0 Å². The van der Waals surface area contributed by atoms with Crippen LogP contribution in [0, 0.1) is 0 Å². The molecule has 2 N–H and O–H groups in total. The van der Waals surface area contributed by atoms with Crippen LogP contribution in [0.25, 0.3) is 0 Å². The third kappa shape index (κ3) is 4.25. The zero-order valence-electron chi connectivity index (χ0n) is 9.15. The molecule has 1 aromatic rings. The van der Waals surface area contributed by atoms with Gasteiger partial charge in [-0.25, -0.2) is 9.97 Å². The van der Waals surface area contributed by atoms with E-state index in [4.69, 9.17) is 0 Å². The molecule has 92 valence electrons. The van der Waals surface area contributed by atoms with E-state index in [-0.39, 0.29) is 11.9 Å². The zero-order valence-corrected chi connectivity index (χ0v) is 11.6. The van der Waals surface area contributed by atoms with Crippen LogP contribution < -0.4 is 10.6 Å². The molecule has 7 heteroatoms. The molecule has 2 heterocycles. The smallest absolute Gasteiger partial charge is 0.227 e. The van der Waals surface area contributed by atoms with Gasteiger partial charge >= 0.3 is 0 Å². The van der Waals surface area contributed by atoms with Crippen molar-refractivity contribution in [2.75, 3.05) is 23.4 Å². The summed E-state index contributed by atoms with van der Waals surface area (Å²) in [6.07, 6.45) is 3.57. The molecule has 0 aromatic carbocycles. The summed E-state index contributed by atoms with van der Waals surface area (Å²) in [5, 5.41) is 6.05. The number of nitrogens with zero attached hydrogens (tertiary/aromatic N) is 2. The average Bonchev–Trinajstić information content (AvgIpc) is 2.33. The lowest BCUT2D eigenvalue weighted by Gasteiger charge is -2.22. The van der Waals surface area contributed by atoms with Crippen LogP contribution >= 0.6 is 27.7 Å². The van der Waals surface area contributed by atoms with Crippen molar-refractivity contribution in [3.05, 3.63) is 17.0 Å². The number of rotatable bonds is 3. The van der Waals surface area contributed by atoms with Crippen LogP contribution in [0.4, 0.5) is 5.82 Å². The number of carbonyl (C=O) groups is 1. The highest BCUT2D eigenvalue weighted by Gasteiger charge is 2.16. The predicted octanol–water partition coefficient (Wildman–Crippen LogP) is 1.27. The molecule has 0 bridgehead atoms. The molecule has 0 radical (unpaired) electrons. The van der Waals surface area contributed by atoms with Crippen LogP contribution in [-0.4, -0.2) is 40.0 Å². The maximum Gasteiger partial charge on any atom is 0.227 e. The van der Waals surface area contributed by atoms with Gasteiger partial charge in [-0.05, 0) is 15.9 Å². The van der Waals surface area contributed by atoms with E-state index in [0.717, 1.165) is 18.1 Å². The van der Waals surface area contributed by atoms with Crippen molar-refractivity contribution >= 4 is 39.4 Å². The molecule has 0 saturated carbocycles. The Labute approximate surface area is 112 Å². The van der Waals surface area contributed by atoms with Crippen LogP contribution in [0.15, 0.2) is 17.0 Å². The quantitative estimate of drug-likeness (QED) is 0.879. The van der Waals surface area contributed by atoms with Crippen LogP contribution in [0.5, 0.6) is 0 Å². The molecule has 1 saturated heterocycles. The van der Waals surface area contributed by atoms with Gasteiger partial charge in [0.1, 0.15) is 4.60 Å². The number of halogens is 1. The molecule has 1 atom stereocenters. The summed E-state index contributed by atoms with van der Waals surface area (Å²) in [6, 6.07) is 0.261. The molecule has 1 aliphatic rings. The standard InChI is InChI=1S/C10H13BrN4OS/c11-8-4-14-9(5-13-8)15-10(16)3-7-6-17-2-1-12-7/h4-5,7,12H,1-3,6H2,(H,14,15,16). The molecule has 1 fully saturated rings. The fraction of sp³-hybridized carbons (Fsp3) is 0.500. The predicted molar refractivity (Wildman–Crippen MR) is 72.1 cm³/mol. The largest absolute Gasteiger partial charge is 0.312 e. The minimum atomic E-state index is -0.0263. The summed E-state index contributed by atoms with van der Waals surface area (Å²) >= 11 is 5.07. The Morgan fingerprint density at radius 1 is 1.59 bits per heavy atom. The van der Waals surface area contributed by atoms with Gasteiger partial charge in [0.15, 0.2) is 5.82 Å². The van der Waals surface area contributed by atoms with Crippen molar-refractivity contribution in [3.63, 3.8) is 0 Å². The monoisotopic (exact) mass is 316 g/mol. The second-order valence-electron chi connectivity index (χ2n) is 3.70. The van der Waals surface area contributed by atoms with Crippen LogP contribution in [0.3, 0.4) is 0 Å². The number of carbonyl (C=O) groups excluding carboxylic acids is 1. The van der Waals surface area contributed by atoms with Crippen molar-refractivity contribution in [1.82, 2.24) is 15.3 Å². The van der Waals surface area contributed by atoms with Crippen molar-refractivity contribution < 1.29 is 4.79 Å². The summed E-state index contributed by atoms with van der Waals surface area (Å²) in [5.41, 5.74) is 0. The summed E-state index contributed by atoms with van der Waals surface area (Å²) in [5.74, 6) is 2.57. The minimum Gasteiger partial charge on any atom is -0.312 e. The zero-order chi connectivity index (χ0) is 12.1. The summed E-state index contributed by atoms with van der Waals surface area (Å²) < 4.78 is 0.654. The van der Waals surface area contributed by atoms with Gasteiger partial charge in [0.05, 0.1) is 12.4 Å². The van der Waals surface area contributed by atoms with Gasteiger partial charge in [-0.1, -0.05) is 0 Å². The van der Waals surface area contributed by atoms with E-state index >= 15 is 0 Å². The maximum absolute atomic E-state index is 11.7. The Balaban J connectivity index is 1.82. The molecule has 2 rings (SSSR count). The van der Waals surface area contributed by atoms with E-state index in [0.29, 0.717) is 16.8 Å². The Hall–Kier alpha value is -0.660. The fourth-order valence-electron chi connectivity index (χ4n) is 1.55. The van der Waals surface area contributed by atoms with Crippen molar-refractivity contribution in [3.8, 4) is 0 Å². The van der Waals surface area contributed by atoms with E-state index < -0.39 is 0 Å². The lowest BCUT2D eigenvalue weighted by atomic mass is 10.2. The molecule has 1 aliphatic heterocycles. The molecule has 1 unspecified atom stereocenters. The molecule has 1 aromatic heterocycles. The molecule has 0 spiro atoms. The number of thioether (sulfide) groups is 1. The summed E-state index contributed by atoms with van der Waals surface area (Å²) in [7, 11) is 0. The highest BCUT2D eigenvalue weighted by Crippen LogP contribution is 2.11. The van der Waals surface area contributed by atoms with Gasteiger partial charge in [-0.3, -0.25) is 4.79 Å². The topological polar surface area (TPSA) is 66.9 Å². The molecule has 17 heavy (non-hydrogen) atoms. The highest BCUT2D eigenvalue weighted by atomic mass is 79.9. The number of aromatic nitrogens is 2. The van der Waals surface area contributed by atoms with Crippen molar-refractivity contribution in [2.45, 2.75) is 12.5 Å². The van der Waals surface area contributed by atoms with Gasteiger partial charge in [0, 0.05) is 30.5 Å². The summed E-state index contributed by atoms with van der Waals surface area (Å²) in [4.78, 5) is 19.8. The second-order valence-corrected chi connectivity index (χ2v) is 5.66. The Morgan fingerprint density at radius 2 is 2.47 bits per heavy atom. The molecular weight excluding hydrogens is 304 g/mol. The first-order valence-corrected chi connectivity index (χ1v) is 7.27. The third-order valence-electron chi connectivity index (χ3n) is 2.32. The Kier molecular flexibility index (Phi) is 4.75. The number of hydrogen-bond donors (Lipinski definition) is 2. The first-order valence-electron chi connectivity index (χ1n) is 5.32. The first-order chi connectivity index (χ1) is 8.24. The van der Waals surface area contributed by atoms with Gasteiger partial charge < -0.3 is 10.6 Å². The molecule has 5 nitrogen and oxygen atoms in total. The number of nitrogens with one attached hydrogen (secondary N) is 2. The number of hydrogen-bond acceptors (Lipinski definition) is 5. The normalized spacial score (nSPS) is 19.9.